The SMILES string of the molecule is Cc1ccccc1C(=O)NN1C[C@H](C(=O)OCC(=O)Nc2ccccc2)CC1=O. The van der Waals surface area contributed by atoms with Crippen LogP contribution < -0.4 is 10.7 Å². The van der Waals surface area contributed by atoms with Crippen LogP contribution in [0.2, 0.25) is 0 Å². The number of nitrogens with one attached hydrogen (secondary N) is 2. The number of amides is 3. The summed E-state index contributed by atoms with van der Waals surface area (Å²) in [6.07, 6.45) is -0.0901. The number of carbonyl (C=O) groups excluding carboxylic acids is 4. The van der Waals surface area contributed by atoms with Gasteiger partial charge in [-0.25, -0.2) is 0 Å². The van der Waals surface area contributed by atoms with Crippen molar-refractivity contribution in [2.24, 2.45) is 5.92 Å². The third-order valence-corrected chi connectivity index (χ3v) is 4.49. The van der Waals surface area contributed by atoms with Gasteiger partial charge in [-0.05, 0) is 30.7 Å². The number of ether oxygens (including phenoxy) is 1. The highest BCUT2D eigenvalue weighted by molar-refractivity contribution is 5.98. The van der Waals surface area contributed by atoms with Crippen LogP contribution in [0, 0.1) is 12.8 Å². The van der Waals surface area contributed by atoms with Crippen LogP contribution >= 0.6 is 0 Å². The van der Waals surface area contributed by atoms with E-state index in [1.807, 2.05) is 12.1 Å². The first kappa shape index (κ1) is 20.1. The van der Waals surface area contributed by atoms with Crippen molar-refractivity contribution < 1.29 is 23.9 Å². The monoisotopic (exact) mass is 395 g/mol. The van der Waals surface area contributed by atoms with E-state index >= 15 is 0 Å². The molecule has 1 atom stereocenters. The molecule has 8 nitrogen and oxygen atoms in total. The minimum absolute atomic E-state index is 0.00437. The number of rotatable bonds is 6. The Labute approximate surface area is 167 Å². The second-order valence-electron chi connectivity index (χ2n) is 6.68. The zero-order valence-corrected chi connectivity index (χ0v) is 15.9. The highest BCUT2D eigenvalue weighted by Gasteiger charge is 2.36. The zero-order chi connectivity index (χ0) is 20.8. The lowest BCUT2D eigenvalue weighted by atomic mass is 10.1. The van der Waals surface area contributed by atoms with Crippen molar-refractivity contribution in [3.05, 3.63) is 65.7 Å². The Morgan fingerprint density at radius 1 is 1.07 bits per heavy atom. The molecular formula is C21H21N3O5. The lowest BCUT2D eigenvalue weighted by molar-refractivity contribution is -0.151. The van der Waals surface area contributed by atoms with Crippen molar-refractivity contribution in [3.8, 4) is 0 Å². The van der Waals surface area contributed by atoms with Crippen molar-refractivity contribution in [1.29, 1.82) is 0 Å². The molecule has 0 spiro atoms. The van der Waals surface area contributed by atoms with Gasteiger partial charge in [0.2, 0.25) is 5.91 Å². The summed E-state index contributed by atoms with van der Waals surface area (Å²) in [5, 5.41) is 3.72. The molecule has 0 radical (unpaired) electrons. The second kappa shape index (κ2) is 9.01. The fraction of sp³-hybridized carbons (Fsp3) is 0.238. The molecule has 1 aliphatic rings. The van der Waals surface area contributed by atoms with E-state index in [1.54, 1.807) is 49.4 Å². The van der Waals surface area contributed by atoms with Crippen LogP contribution in [0.25, 0.3) is 0 Å². The quantitative estimate of drug-likeness (QED) is 0.724. The number of para-hydroxylation sites is 1. The molecule has 2 aromatic rings. The molecule has 1 aliphatic heterocycles. The summed E-state index contributed by atoms with van der Waals surface area (Å²) in [5.74, 6) is -2.69. The van der Waals surface area contributed by atoms with Gasteiger partial charge >= 0.3 is 5.97 Å². The van der Waals surface area contributed by atoms with Crippen LogP contribution in [-0.2, 0) is 19.1 Å². The van der Waals surface area contributed by atoms with E-state index < -0.39 is 30.3 Å². The fourth-order valence-electron chi connectivity index (χ4n) is 2.96. The largest absolute Gasteiger partial charge is 0.455 e. The second-order valence-corrected chi connectivity index (χ2v) is 6.68. The highest BCUT2D eigenvalue weighted by atomic mass is 16.5. The van der Waals surface area contributed by atoms with Crippen molar-refractivity contribution in [1.82, 2.24) is 10.4 Å². The van der Waals surface area contributed by atoms with Gasteiger partial charge in [0.1, 0.15) is 0 Å². The molecule has 3 amide bonds. The van der Waals surface area contributed by atoms with Gasteiger partial charge in [0.05, 0.1) is 12.5 Å². The van der Waals surface area contributed by atoms with E-state index in [0.29, 0.717) is 11.3 Å². The maximum Gasteiger partial charge on any atom is 0.311 e. The highest BCUT2D eigenvalue weighted by Crippen LogP contribution is 2.18. The first-order valence-electron chi connectivity index (χ1n) is 9.12. The smallest absolute Gasteiger partial charge is 0.311 e. The molecule has 1 heterocycles. The Kier molecular flexibility index (Phi) is 6.23. The van der Waals surface area contributed by atoms with Gasteiger partial charge in [-0.1, -0.05) is 36.4 Å². The van der Waals surface area contributed by atoms with Crippen LogP contribution in [0.1, 0.15) is 22.3 Å². The summed E-state index contributed by atoms with van der Waals surface area (Å²) in [7, 11) is 0. The fourth-order valence-corrected chi connectivity index (χ4v) is 2.96. The third-order valence-electron chi connectivity index (χ3n) is 4.49. The topological polar surface area (TPSA) is 105 Å². The molecule has 1 fully saturated rings. The molecule has 2 N–H and O–H groups in total. The number of nitrogens with zero attached hydrogens (tertiary/aromatic N) is 1. The molecular weight excluding hydrogens is 374 g/mol. The number of esters is 1. The molecule has 3 rings (SSSR count). The lowest BCUT2D eigenvalue weighted by Gasteiger charge is -2.18. The summed E-state index contributed by atoms with van der Waals surface area (Å²) >= 11 is 0. The maximum atomic E-state index is 12.4. The summed E-state index contributed by atoms with van der Waals surface area (Å²) in [6, 6.07) is 15.8. The summed E-state index contributed by atoms with van der Waals surface area (Å²) in [5.41, 5.74) is 4.34. The molecule has 0 aliphatic carbocycles. The Hall–Kier alpha value is -3.68. The van der Waals surface area contributed by atoms with Crippen molar-refractivity contribution in [2.75, 3.05) is 18.5 Å². The lowest BCUT2D eigenvalue weighted by Crippen LogP contribution is -2.43. The number of aryl methyl sites for hydroxylation is 1. The summed E-state index contributed by atoms with van der Waals surface area (Å²) in [4.78, 5) is 48.6. The molecule has 2 aromatic carbocycles. The van der Waals surface area contributed by atoms with E-state index in [-0.39, 0.29) is 18.9 Å². The molecule has 0 aromatic heterocycles. The van der Waals surface area contributed by atoms with Gasteiger partial charge in [-0.2, -0.15) is 0 Å². The minimum Gasteiger partial charge on any atom is -0.455 e. The predicted molar refractivity (Wildman–Crippen MR) is 104 cm³/mol. The van der Waals surface area contributed by atoms with Crippen molar-refractivity contribution in [3.63, 3.8) is 0 Å². The maximum absolute atomic E-state index is 12.4. The normalized spacial score (nSPS) is 15.7. The van der Waals surface area contributed by atoms with Crippen LogP contribution in [0.4, 0.5) is 5.69 Å². The molecule has 0 saturated carbocycles. The minimum atomic E-state index is -0.746. The average Bonchev–Trinajstić information content (AvgIpc) is 3.07. The predicted octanol–water partition coefficient (Wildman–Crippen LogP) is 1.67. The molecule has 8 heteroatoms. The molecule has 0 bridgehead atoms. The Balaban J connectivity index is 1.49. The summed E-state index contributed by atoms with van der Waals surface area (Å²) < 4.78 is 5.02. The van der Waals surface area contributed by atoms with Crippen LogP contribution in [0.15, 0.2) is 54.6 Å². The van der Waals surface area contributed by atoms with Gasteiger partial charge in [0, 0.05) is 17.7 Å². The van der Waals surface area contributed by atoms with E-state index in [2.05, 4.69) is 10.7 Å². The average molecular weight is 395 g/mol. The van der Waals surface area contributed by atoms with E-state index in [1.165, 1.54) is 0 Å². The van der Waals surface area contributed by atoms with Crippen LogP contribution in [0.3, 0.4) is 0 Å². The molecule has 29 heavy (non-hydrogen) atoms. The third kappa shape index (κ3) is 5.19. The molecule has 1 saturated heterocycles. The van der Waals surface area contributed by atoms with Gasteiger partial charge in [0.25, 0.3) is 11.8 Å². The van der Waals surface area contributed by atoms with Gasteiger partial charge < -0.3 is 10.1 Å². The first-order chi connectivity index (χ1) is 13.9. The number of hydrogen-bond donors (Lipinski definition) is 2. The molecule has 0 unspecified atom stereocenters. The zero-order valence-electron chi connectivity index (χ0n) is 15.9. The van der Waals surface area contributed by atoms with Crippen LogP contribution in [-0.4, -0.2) is 41.9 Å². The number of hydrazine groups is 1. The summed E-state index contributed by atoms with van der Waals surface area (Å²) in [6.45, 7) is 1.34. The Morgan fingerprint density at radius 2 is 1.76 bits per heavy atom. The molecule has 150 valence electrons. The number of benzene rings is 2. The van der Waals surface area contributed by atoms with E-state index in [9.17, 15) is 19.2 Å². The standard InChI is InChI=1S/C21H21N3O5/c1-14-7-5-6-10-17(14)20(27)23-24-12-15(11-19(24)26)21(28)29-13-18(25)22-16-8-3-2-4-9-16/h2-10,15H,11-13H2,1H3,(H,22,25)(H,23,27)/t15-/m1/s1. The van der Waals surface area contributed by atoms with Gasteiger partial charge in [-0.3, -0.25) is 29.6 Å². The number of hydrogen-bond acceptors (Lipinski definition) is 5. The van der Waals surface area contributed by atoms with E-state index in [0.717, 1.165) is 10.6 Å². The van der Waals surface area contributed by atoms with E-state index in [4.69, 9.17) is 4.74 Å². The van der Waals surface area contributed by atoms with Crippen molar-refractivity contribution >= 4 is 29.4 Å². The van der Waals surface area contributed by atoms with Gasteiger partial charge in [0.15, 0.2) is 6.61 Å². The Bertz CT molecular complexity index is 929. The number of anilines is 1. The van der Waals surface area contributed by atoms with Crippen LogP contribution in [0.5, 0.6) is 0 Å². The van der Waals surface area contributed by atoms with Crippen molar-refractivity contribution in [2.45, 2.75) is 13.3 Å². The number of carbonyl (C=O) groups is 4. The van der Waals surface area contributed by atoms with Gasteiger partial charge in [-0.15, -0.1) is 0 Å². The first-order valence-corrected chi connectivity index (χ1v) is 9.12. The Morgan fingerprint density at radius 3 is 2.48 bits per heavy atom.